The highest BCUT2D eigenvalue weighted by atomic mass is 32.2. The van der Waals surface area contributed by atoms with Gasteiger partial charge in [-0.1, -0.05) is 0 Å². The second kappa shape index (κ2) is 8.67. The maximum atomic E-state index is 12.3. The van der Waals surface area contributed by atoms with Crippen LogP contribution in [-0.2, 0) is 26.4 Å². The van der Waals surface area contributed by atoms with Gasteiger partial charge in [0.1, 0.15) is 11.6 Å². The molecule has 4 rings (SSSR count). The number of aryl methyl sites for hydroxylation is 1. The van der Waals surface area contributed by atoms with Crippen LogP contribution in [0.2, 0.25) is 0 Å². The minimum atomic E-state index is -3.53. The van der Waals surface area contributed by atoms with Gasteiger partial charge in [-0.25, -0.2) is 18.4 Å². The van der Waals surface area contributed by atoms with Crippen LogP contribution in [0.5, 0.6) is 0 Å². The summed E-state index contributed by atoms with van der Waals surface area (Å²) < 4.78 is 31.7. The second-order valence-corrected chi connectivity index (χ2v) is 9.72. The molecule has 1 fully saturated rings. The molecule has 10 nitrogen and oxygen atoms in total. The van der Waals surface area contributed by atoms with Crippen molar-refractivity contribution in [2.75, 3.05) is 30.1 Å². The molecule has 3 aromatic rings. The summed E-state index contributed by atoms with van der Waals surface area (Å²) in [5, 5.41) is 10.3. The van der Waals surface area contributed by atoms with Crippen molar-refractivity contribution in [2.45, 2.75) is 24.3 Å². The summed E-state index contributed by atoms with van der Waals surface area (Å²) in [4.78, 5) is 20.1. The van der Waals surface area contributed by atoms with E-state index in [0.29, 0.717) is 41.8 Å². The van der Waals surface area contributed by atoms with Crippen LogP contribution in [0.1, 0.15) is 24.8 Å². The summed E-state index contributed by atoms with van der Waals surface area (Å²) in [7, 11) is -1.72. The number of aromatic nitrogens is 4. The number of amides is 1. The molecule has 0 aromatic carbocycles. The molecule has 0 radical (unpaired) electrons. The molecule has 3 aromatic heterocycles. The minimum Gasteiger partial charge on any atom is -0.381 e. The molecule has 1 aliphatic rings. The Labute approximate surface area is 186 Å². The number of ether oxygens (including phenoxy) is 1. The maximum Gasteiger partial charge on any atom is 0.222 e. The molecular weight excluding hydrogens is 432 g/mol. The van der Waals surface area contributed by atoms with Crippen LogP contribution < -0.4 is 10.6 Å². The summed E-state index contributed by atoms with van der Waals surface area (Å²) in [6.45, 7) is 2.57. The van der Waals surface area contributed by atoms with Crippen LogP contribution in [-0.4, -0.2) is 53.5 Å². The first-order valence-corrected chi connectivity index (χ1v) is 11.9. The Kier molecular flexibility index (Phi) is 5.94. The minimum absolute atomic E-state index is 0.0140. The first kappa shape index (κ1) is 21.9. The Morgan fingerprint density at radius 2 is 2.06 bits per heavy atom. The normalized spacial score (nSPS) is 16.2. The van der Waals surface area contributed by atoms with Crippen molar-refractivity contribution in [3.63, 3.8) is 0 Å². The third-order valence-corrected chi connectivity index (χ3v) is 6.03. The van der Waals surface area contributed by atoms with Gasteiger partial charge in [0.15, 0.2) is 14.9 Å². The number of pyridine rings is 2. The average molecular weight is 457 g/mol. The van der Waals surface area contributed by atoms with E-state index in [4.69, 9.17) is 4.74 Å². The van der Waals surface area contributed by atoms with Crippen molar-refractivity contribution in [1.29, 1.82) is 0 Å². The standard InChI is InChI=1S/C21H24N6O4S/c1-13(28)23-19-10-18(16(11-22-19)17-4-6-27(2)26-17)24-20-8-15(14-5-7-31-12-14)9-21(25-20)32(3,29)30/h4,6,8-11,14H,5,7,12H2,1-3H3,(H2,22,23,24,25,28). The van der Waals surface area contributed by atoms with Gasteiger partial charge in [0.2, 0.25) is 5.91 Å². The molecule has 1 unspecified atom stereocenters. The molecule has 1 aliphatic heterocycles. The molecule has 0 spiro atoms. The summed E-state index contributed by atoms with van der Waals surface area (Å²) in [6.07, 6.45) is 5.35. The highest BCUT2D eigenvalue weighted by Gasteiger charge is 2.22. The largest absolute Gasteiger partial charge is 0.381 e. The fourth-order valence-corrected chi connectivity index (χ4v) is 4.14. The zero-order chi connectivity index (χ0) is 22.9. The summed E-state index contributed by atoms with van der Waals surface area (Å²) in [6, 6.07) is 6.93. The van der Waals surface area contributed by atoms with Crippen molar-refractivity contribution in [3.8, 4) is 11.3 Å². The number of carbonyl (C=O) groups is 1. The smallest absolute Gasteiger partial charge is 0.222 e. The Bertz CT molecular complexity index is 1270. The number of carbonyl (C=O) groups excluding carboxylic acids is 1. The van der Waals surface area contributed by atoms with E-state index in [1.165, 1.54) is 6.92 Å². The van der Waals surface area contributed by atoms with Crippen LogP contribution in [0.4, 0.5) is 17.3 Å². The van der Waals surface area contributed by atoms with Crippen molar-refractivity contribution in [2.24, 2.45) is 7.05 Å². The van der Waals surface area contributed by atoms with E-state index in [0.717, 1.165) is 18.2 Å². The lowest BCUT2D eigenvalue weighted by Gasteiger charge is -2.15. The van der Waals surface area contributed by atoms with E-state index in [1.807, 2.05) is 25.4 Å². The summed E-state index contributed by atoms with van der Waals surface area (Å²) in [5.41, 5.74) is 2.77. The number of hydrogen-bond acceptors (Lipinski definition) is 8. The van der Waals surface area contributed by atoms with Crippen molar-refractivity contribution < 1.29 is 17.9 Å². The zero-order valence-corrected chi connectivity index (χ0v) is 18.8. The molecule has 2 N–H and O–H groups in total. The molecule has 0 saturated carbocycles. The molecular formula is C21H24N6O4S. The molecule has 168 valence electrons. The first-order chi connectivity index (χ1) is 15.2. The Hall–Kier alpha value is -3.31. The van der Waals surface area contributed by atoms with E-state index in [-0.39, 0.29) is 16.9 Å². The van der Waals surface area contributed by atoms with E-state index in [9.17, 15) is 13.2 Å². The van der Waals surface area contributed by atoms with Gasteiger partial charge in [0, 0.05) is 56.8 Å². The third-order valence-electron chi connectivity index (χ3n) is 5.07. The van der Waals surface area contributed by atoms with Gasteiger partial charge in [-0.2, -0.15) is 5.10 Å². The number of rotatable bonds is 6. The van der Waals surface area contributed by atoms with E-state index >= 15 is 0 Å². The average Bonchev–Trinajstić information content (AvgIpc) is 3.39. The van der Waals surface area contributed by atoms with Gasteiger partial charge in [0.05, 0.1) is 18.0 Å². The van der Waals surface area contributed by atoms with Crippen LogP contribution >= 0.6 is 0 Å². The molecule has 0 bridgehead atoms. The number of nitrogens with zero attached hydrogens (tertiary/aromatic N) is 4. The van der Waals surface area contributed by atoms with Gasteiger partial charge in [0.25, 0.3) is 0 Å². The van der Waals surface area contributed by atoms with Gasteiger partial charge in [-0.05, 0) is 30.2 Å². The summed E-state index contributed by atoms with van der Waals surface area (Å²) >= 11 is 0. The lowest BCUT2D eigenvalue weighted by molar-refractivity contribution is -0.114. The highest BCUT2D eigenvalue weighted by molar-refractivity contribution is 7.90. The molecule has 1 saturated heterocycles. The molecule has 1 atom stereocenters. The molecule has 1 amide bonds. The molecule has 32 heavy (non-hydrogen) atoms. The van der Waals surface area contributed by atoms with Gasteiger partial charge in [-0.15, -0.1) is 0 Å². The molecule has 0 aliphatic carbocycles. The Balaban J connectivity index is 1.79. The fourth-order valence-electron chi connectivity index (χ4n) is 3.52. The number of nitrogens with one attached hydrogen (secondary N) is 2. The number of sulfone groups is 1. The van der Waals surface area contributed by atoms with Gasteiger partial charge in [-0.3, -0.25) is 9.48 Å². The molecule has 11 heteroatoms. The number of anilines is 3. The first-order valence-electron chi connectivity index (χ1n) is 10.0. The van der Waals surface area contributed by atoms with Gasteiger partial charge < -0.3 is 15.4 Å². The third kappa shape index (κ3) is 4.94. The van der Waals surface area contributed by atoms with E-state index in [2.05, 4.69) is 25.7 Å². The monoisotopic (exact) mass is 456 g/mol. The van der Waals surface area contributed by atoms with Crippen LogP contribution in [0, 0.1) is 0 Å². The SMILES string of the molecule is CC(=O)Nc1cc(Nc2cc(C3CCOC3)cc(S(C)(=O)=O)n2)c(-c2ccn(C)n2)cn1. The second-order valence-electron chi connectivity index (χ2n) is 7.75. The highest BCUT2D eigenvalue weighted by Crippen LogP contribution is 2.33. The molecule has 4 heterocycles. The van der Waals surface area contributed by atoms with Crippen molar-refractivity contribution >= 4 is 33.1 Å². The number of hydrogen-bond donors (Lipinski definition) is 2. The Morgan fingerprint density at radius 3 is 2.69 bits per heavy atom. The topological polar surface area (TPSA) is 128 Å². The Morgan fingerprint density at radius 1 is 1.25 bits per heavy atom. The van der Waals surface area contributed by atoms with Crippen LogP contribution in [0.15, 0.2) is 41.7 Å². The van der Waals surface area contributed by atoms with Crippen molar-refractivity contribution in [1.82, 2.24) is 19.7 Å². The van der Waals surface area contributed by atoms with Gasteiger partial charge >= 0.3 is 0 Å². The van der Waals surface area contributed by atoms with E-state index in [1.54, 1.807) is 23.0 Å². The van der Waals surface area contributed by atoms with Crippen molar-refractivity contribution in [3.05, 3.63) is 42.2 Å². The quantitative estimate of drug-likeness (QED) is 0.579. The zero-order valence-electron chi connectivity index (χ0n) is 18.0. The summed E-state index contributed by atoms with van der Waals surface area (Å²) in [5.74, 6) is 0.562. The van der Waals surface area contributed by atoms with Crippen LogP contribution in [0.25, 0.3) is 11.3 Å². The van der Waals surface area contributed by atoms with Crippen LogP contribution in [0.3, 0.4) is 0 Å². The lowest BCUT2D eigenvalue weighted by atomic mass is 9.99. The lowest BCUT2D eigenvalue weighted by Crippen LogP contribution is -2.10. The predicted molar refractivity (Wildman–Crippen MR) is 120 cm³/mol. The fraction of sp³-hybridized carbons (Fsp3) is 0.333. The predicted octanol–water partition coefficient (Wildman–Crippen LogP) is 2.49. The maximum absolute atomic E-state index is 12.3. The van der Waals surface area contributed by atoms with E-state index < -0.39 is 9.84 Å².